The van der Waals surface area contributed by atoms with E-state index in [1.165, 1.54) is 60.4 Å². The van der Waals surface area contributed by atoms with Crippen LogP contribution in [-0.4, -0.2) is 0 Å². The maximum atomic E-state index is 3.92. The lowest BCUT2D eigenvalue weighted by Gasteiger charge is -2.10. The maximum absolute atomic E-state index is 3.92. The largest absolute Gasteiger partial charge is 0.0651 e. The molecule has 0 aromatic heterocycles. The SMILES string of the molecule is [CH2]CCCCCc1cc(CCC)cc2ccccc12. The average molecular weight is 253 g/mol. The van der Waals surface area contributed by atoms with E-state index in [4.69, 9.17) is 0 Å². The summed E-state index contributed by atoms with van der Waals surface area (Å²) in [6.07, 6.45) is 8.53. The molecule has 0 heteroatoms. The summed E-state index contributed by atoms with van der Waals surface area (Å²) in [5.74, 6) is 0. The fourth-order valence-electron chi connectivity index (χ4n) is 2.77. The number of unbranched alkanes of at least 4 members (excludes halogenated alkanes) is 3. The Morgan fingerprint density at radius 3 is 2.58 bits per heavy atom. The predicted octanol–water partition coefficient (Wildman–Crippen LogP) is 5.73. The van der Waals surface area contributed by atoms with Crippen molar-refractivity contribution in [2.75, 3.05) is 0 Å². The summed E-state index contributed by atoms with van der Waals surface area (Å²) in [7, 11) is 0. The molecule has 0 bridgehead atoms. The van der Waals surface area contributed by atoms with E-state index in [2.05, 4.69) is 50.2 Å². The number of fused-ring (bicyclic) bond motifs is 1. The molecule has 0 aliphatic heterocycles. The van der Waals surface area contributed by atoms with Crippen LogP contribution < -0.4 is 0 Å². The predicted molar refractivity (Wildman–Crippen MR) is 85.5 cm³/mol. The number of aryl methyl sites for hydroxylation is 2. The molecule has 0 fully saturated rings. The normalized spacial score (nSPS) is 11.1. The monoisotopic (exact) mass is 253 g/mol. The number of benzene rings is 2. The first-order valence-electron chi connectivity index (χ1n) is 7.65. The molecule has 2 aromatic carbocycles. The third-order valence-electron chi connectivity index (χ3n) is 3.74. The minimum absolute atomic E-state index is 1.07. The highest BCUT2D eigenvalue weighted by Crippen LogP contribution is 2.23. The zero-order valence-electron chi connectivity index (χ0n) is 12.1. The van der Waals surface area contributed by atoms with Crippen LogP contribution in [-0.2, 0) is 12.8 Å². The molecule has 0 saturated heterocycles. The highest BCUT2D eigenvalue weighted by molar-refractivity contribution is 5.86. The lowest BCUT2D eigenvalue weighted by molar-refractivity contribution is 0.687. The molecule has 101 valence electrons. The van der Waals surface area contributed by atoms with Crippen LogP contribution in [0.1, 0.15) is 50.2 Å². The first-order valence-corrected chi connectivity index (χ1v) is 7.65. The minimum atomic E-state index is 1.07. The van der Waals surface area contributed by atoms with Gasteiger partial charge in [-0.05, 0) is 41.2 Å². The van der Waals surface area contributed by atoms with E-state index in [-0.39, 0.29) is 0 Å². The number of rotatable bonds is 7. The maximum Gasteiger partial charge on any atom is -0.0152 e. The molecule has 0 spiro atoms. The van der Waals surface area contributed by atoms with Crippen molar-refractivity contribution >= 4 is 10.8 Å². The molecule has 0 unspecified atom stereocenters. The van der Waals surface area contributed by atoms with Gasteiger partial charge in [0.1, 0.15) is 0 Å². The number of hydrogen-bond acceptors (Lipinski definition) is 0. The zero-order chi connectivity index (χ0) is 13.5. The second-order valence-electron chi connectivity index (χ2n) is 5.39. The lowest BCUT2D eigenvalue weighted by atomic mass is 9.95. The first kappa shape index (κ1) is 14.1. The molecule has 0 atom stereocenters. The van der Waals surface area contributed by atoms with Crippen LogP contribution in [0, 0.1) is 6.92 Å². The van der Waals surface area contributed by atoms with Crippen LogP contribution in [0.15, 0.2) is 36.4 Å². The molecule has 0 nitrogen and oxygen atoms in total. The Bertz CT molecular complexity index is 510. The molecule has 0 aliphatic rings. The topological polar surface area (TPSA) is 0 Å². The Labute approximate surface area is 117 Å². The molecule has 0 amide bonds. The third-order valence-corrected chi connectivity index (χ3v) is 3.74. The molecule has 2 rings (SSSR count). The Kier molecular flexibility index (Phi) is 5.44. The average Bonchev–Trinajstić information content (AvgIpc) is 2.44. The van der Waals surface area contributed by atoms with Crippen molar-refractivity contribution in [3.63, 3.8) is 0 Å². The van der Waals surface area contributed by atoms with Crippen LogP contribution in [0.4, 0.5) is 0 Å². The van der Waals surface area contributed by atoms with Crippen molar-refractivity contribution in [3.8, 4) is 0 Å². The highest BCUT2D eigenvalue weighted by atomic mass is 14.1. The van der Waals surface area contributed by atoms with Crippen LogP contribution in [0.2, 0.25) is 0 Å². The van der Waals surface area contributed by atoms with Gasteiger partial charge in [-0.25, -0.2) is 0 Å². The summed E-state index contributed by atoms with van der Waals surface area (Å²) in [4.78, 5) is 0. The smallest absolute Gasteiger partial charge is 0.0152 e. The summed E-state index contributed by atoms with van der Waals surface area (Å²) < 4.78 is 0. The van der Waals surface area contributed by atoms with E-state index in [1.54, 1.807) is 0 Å². The summed E-state index contributed by atoms with van der Waals surface area (Å²) in [5, 5.41) is 2.84. The Morgan fingerprint density at radius 1 is 0.947 bits per heavy atom. The van der Waals surface area contributed by atoms with Crippen molar-refractivity contribution < 1.29 is 0 Å². The molecule has 19 heavy (non-hydrogen) atoms. The van der Waals surface area contributed by atoms with E-state index in [0.717, 1.165) is 6.42 Å². The van der Waals surface area contributed by atoms with Gasteiger partial charge in [0, 0.05) is 0 Å². The van der Waals surface area contributed by atoms with E-state index in [9.17, 15) is 0 Å². The van der Waals surface area contributed by atoms with Crippen molar-refractivity contribution in [1.82, 2.24) is 0 Å². The van der Waals surface area contributed by atoms with Gasteiger partial charge in [0.15, 0.2) is 0 Å². The quantitative estimate of drug-likeness (QED) is 0.553. The van der Waals surface area contributed by atoms with Gasteiger partial charge in [0.2, 0.25) is 0 Å². The molecule has 0 heterocycles. The Balaban J connectivity index is 2.23. The van der Waals surface area contributed by atoms with Crippen LogP contribution >= 0.6 is 0 Å². The van der Waals surface area contributed by atoms with E-state index in [0.29, 0.717) is 0 Å². The van der Waals surface area contributed by atoms with Gasteiger partial charge < -0.3 is 0 Å². The fraction of sp³-hybridized carbons (Fsp3) is 0.421. The van der Waals surface area contributed by atoms with Crippen LogP contribution in [0.25, 0.3) is 10.8 Å². The van der Waals surface area contributed by atoms with Gasteiger partial charge in [-0.2, -0.15) is 0 Å². The van der Waals surface area contributed by atoms with Crippen molar-refractivity contribution in [2.24, 2.45) is 0 Å². The molecule has 0 aliphatic carbocycles. The van der Waals surface area contributed by atoms with Gasteiger partial charge in [-0.3, -0.25) is 0 Å². The summed E-state index contributed by atoms with van der Waals surface area (Å²) in [5.41, 5.74) is 3.03. The summed E-state index contributed by atoms with van der Waals surface area (Å²) in [6, 6.07) is 13.6. The number of hydrogen-bond donors (Lipinski definition) is 0. The molecular formula is C19H25. The van der Waals surface area contributed by atoms with E-state index >= 15 is 0 Å². The third kappa shape index (κ3) is 3.83. The molecule has 2 aromatic rings. The Morgan fingerprint density at radius 2 is 1.79 bits per heavy atom. The Hall–Kier alpha value is -1.30. The van der Waals surface area contributed by atoms with Gasteiger partial charge in [0.05, 0.1) is 0 Å². The van der Waals surface area contributed by atoms with Crippen molar-refractivity contribution in [3.05, 3.63) is 54.4 Å². The highest BCUT2D eigenvalue weighted by Gasteiger charge is 2.03. The van der Waals surface area contributed by atoms with Gasteiger partial charge in [-0.15, -0.1) is 0 Å². The first-order chi connectivity index (χ1) is 9.35. The summed E-state index contributed by atoms with van der Waals surface area (Å²) in [6.45, 7) is 6.17. The van der Waals surface area contributed by atoms with Crippen LogP contribution in [0.5, 0.6) is 0 Å². The zero-order valence-corrected chi connectivity index (χ0v) is 12.1. The van der Waals surface area contributed by atoms with Crippen molar-refractivity contribution in [2.45, 2.75) is 51.9 Å². The summed E-state index contributed by atoms with van der Waals surface area (Å²) >= 11 is 0. The molecule has 1 radical (unpaired) electrons. The standard InChI is InChI=1S/C19H25/c1-3-5-6-7-11-17-14-16(10-4-2)15-18-12-8-9-13-19(17)18/h8-9,12-15H,1,3-7,10-11H2,2H3. The van der Waals surface area contributed by atoms with Gasteiger partial charge >= 0.3 is 0 Å². The van der Waals surface area contributed by atoms with E-state index < -0.39 is 0 Å². The van der Waals surface area contributed by atoms with Crippen molar-refractivity contribution in [1.29, 1.82) is 0 Å². The lowest BCUT2D eigenvalue weighted by Crippen LogP contribution is -1.92. The minimum Gasteiger partial charge on any atom is -0.0651 e. The van der Waals surface area contributed by atoms with Gasteiger partial charge in [-0.1, -0.05) is 75.9 Å². The second-order valence-corrected chi connectivity index (χ2v) is 5.39. The van der Waals surface area contributed by atoms with Crippen LogP contribution in [0.3, 0.4) is 0 Å². The molecular weight excluding hydrogens is 228 g/mol. The molecule has 0 saturated carbocycles. The molecule has 0 N–H and O–H groups in total. The van der Waals surface area contributed by atoms with Gasteiger partial charge in [0.25, 0.3) is 0 Å². The second kappa shape index (κ2) is 7.33. The van der Waals surface area contributed by atoms with E-state index in [1.807, 2.05) is 0 Å². The fourth-order valence-corrected chi connectivity index (χ4v) is 2.77.